The highest BCUT2D eigenvalue weighted by molar-refractivity contribution is 9.10. The SMILES string of the molecule is CC(Nc1nc(Br)cn2ccnc12)c1cn[nH]c1. The van der Waals surface area contributed by atoms with Crippen molar-refractivity contribution in [3.8, 4) is 0 Å². The summed E-state index contributed by atoms with van der Waals surface area (Å²) in [6.45, 7) is 2.05. The summed E-state index contributed by atoms with van der Waals surface area (Å²) in [7, 11) is 0. The van der Waals surface area contributed by atoms with Crippen molar-refractivity contribution >= 4 is 27.4 Å². The van der Waals surface area contributed by atoms with Gasteiger partial charge in [0.05, 0.1) is 12.2 Å². The number of hydrogen-bond acceptors (Lipinski definition) is 4. The number of fused-ring (bicyclic) bond motifs is 1. The molecule has 18 heavy (non-hydrogen) atoms. The first-order valence-electron chi connectivity index (χ1n) is 5.48. The quantitative estimate of drug-likeness (QED) is 0.779. The van der Waals surface area contributed by atoms with Crippen molar-refractivity contribution in [3.05, 3.63) is 41.2 Å². The molecular weight excluding hydrogens is 296 g/mol. The van der Waals surface area contributed by atoms with E-state index in [0.29, 0.717) is 0 Å². The molecule has 3 rings (SSSR count). The van der Waals surface area contributed by atoms with Crippen LogP contribution in [0.1, 0.15) is 18.5 Å². The summed E-state index contributed by atoms with van der Waals surface area (Å²) in [5.74, 6) is 0.739. The second-order valence-corrected chi connectivity index (χ2v) is 4.78. The van der Waals surface area contributed by atoms with Crippen LogP contribution in [0, 0.1) is 0 Å². The van der Waals surface area contributed by atoms with Crippen LogP contribution in [0.15, 0.2) is 35.6 Å². The predicted octanol–water partition coefficient (Wildman–Crippen LogP) is 2.39. The number of aromatic nitrogens is 5. The molecule has 0 bridgehead atoms. The fraction of sp³-hybridized carbons (Fsp3) is 0.182. The van der Waals surface area contributed by atoms with Gasteiger partial charge in [-0.15, -0.1) is 0 Å². The maximum Gasteiger partial charge on any atom is 0.180 e. The normalized spacial score (nSPS) is 12.8. The largest absolute Gasteiger partial charge is 0.360 e. The first kappa shape index (κ1) is 11.2. The standard InChI is InChI=1S/C11H11BrN6/c1-7(8-4-14-15-5-8)16-10-11-13-2-3-18(11)6-9(12)17-10/h2-7H,1H3,(H,14,15)(H,16,17). The topological polar surface area (TPSA) is 70.9 Å². The summed E-state index contributed by atoms with van der Waals surface area (Å²) < 4.78 is 2.68. The Bertz CT molecular complexity index is 659. The summed E-state index contributed by atoms with van der Waals surface area (Å²) in [6, 6.07) is 0.103. The number of H-pyrrole nitrogens is 1. The Hall–Kier alpha value is -1.89. The number of aromatic amines is 1. The van der Waals surface area contributed by atoms with E-state index in [1.165, 1.54) is 0 Å². The fourth-order valence-electron chi connectivity index (χ4n) is 1.78. The smallest absolute Gasteiger partial charge is 0.180 e. The molecule has 0 amide bonds. The van der Waals surface area contributed by atoms with Crippen LogP contribution in [0.3, 0.4) is 0 Å². The Kier molecular flexibility index (Phi) is 2.75. The van der Waals surface area contributed by atoms with E-state index in [9.17, 15) is 0 Å². The van der Waals surface area contributed by atoms with Gasteiger partial charge >= 0.3 is 0 Å². The Balaban J connectivity index is 1.97. The lowest BCUT2D eigenvalue weighted by molar-refractivity contribution is 0.871. The van der Waals surface area contributed by atoms with Gasteiger partial charge in [0, 0.05) is 30.4 Å². The molecule has 0 aliphatic carbocycles. The average Bonchev–Trinajstić information content (AvgIpc) is 2.98. The number of anilines is 1. The van der Waals surface area contributed by atoms with Gasteiger partial charge in [-0.05, 0) is 22.9 Å². The number of imidazole rings is 1. The average molecular weight is 307 g/mol. The van der Waals surface area contributed by atoms with E-state index in [0.717, 1.165) is 21.6 Å². The summed E-state index contributed by atoms with van der Waals surface area (Å²) >= 11 is 3.39. The van der Waals surface area contributed by atoms with E-state index in [1.54, 1.807) is 12.4 Å². The molecule has 1 unspecified atom stereocenters. The van der Waals surface area contributed by atoms with Gasteiger partial charge < -0.3 is 9.72 Å². The Morgan fingerprint density at radius 3 is 3.17 bits per heavy atom. The van der Waals surface area contributed by atoms with E-state index < -0.39 is 0 Å². The molecule has 3 heterocycles. The minimum absolute atomic E-state index is 0.103. The molecule has 0 aliphatic heterocycles. The van der Waals surface area contributed by atoms with Gasteiger partial charge in [-0.3, -0.25) is 5.10 Å². The maximum absolute atomic E-state index is 4.42. The number of rotatable bonds is 3. The summed E-state index contributed by atoms with van der Waals surface area (Å²) in [5.41, 5.74) is 1.87. The van der Waals surface area contributed by atoms with Gasteiger partial charge in [0.1, 0.15) is 4.60 Å². The van der Waals surface area contributed by atoms with Crippen molar-refractivity contribution in [1.29, 1.82) is 0 Å². The van der Waals surface area contributed by atoms with Crippen molar-refractivity contribution in [1.82, 2.24) is 24.6 Å². The summed E-state index contributed by atoms with van der Waals surface area (Å²) in [6.07, 6.45) is 9.15. The first-order valence-corrected chi connectivity index (χ1v) is 6.28. The molecule has 0 spiro atoms. The van der Waals surface area contributed by atoms with Gasteiger partial charge in [0.2, 0.25) is 0 Å². The van der Waals surface area contributed by atoms with Crippen LogP contribution >= 0.6 is 15.9 Å². The van der Waals surface area contributed by atoms with Gasteiger partial charge in [-0.25, -0.2) is 9.97 Å². The minimum atomic E-state index is 0.103. The maximum atomic E-state index is 4.42. The van der Waals surface area contributed by atoms with Gasteiger partial charge in [0.25, 0.3) is 0 Å². The van der Waals surface area contributed by atoms with Crippen LogP contribution < -0.4 is 5.32 Å². The van der Waals surface area contributed by atoms with Crippen molar-refractivity contribution in [2.45, 2.75) is 13.0 Å². The van der Waals surface area contributed by atoms with E-state index in [2.05, 4.69) is 41.4 Å². The highest BCUT2D eigenvalue weighted by atomic mass is 79.9. The zero-order valence-electron chi connectivity index (χ0n) is 9.63. The van der Waals surface area contributed by atoms with Crippen LogP contribution in [0.25, 0.3) is 5.65 Å². The molecule has 6 nitrogen and oxygen atoms in total. The third-order valence-corrected chi connectivity index (χ3v) is 3.10. The van der Waals surface area contributed by atoms with Crippen LogP contribution in [0.2, 0.25) is 0 Å². The summed E-state index contributed by atoms with van der Waals surface area (Å²) in [5, 5.41) is 10.1. The lowest BCUT2D eigenvalue weighted by Gasteiger charge is -2.13. The molecular formula is C11H11BrN6. The van der Waals surface area contributed by atoms with Crippen LogP contribution in [0.4, 0.5) is 5.82 Å². The predicted molar refractivity (Wildman–Crippen MR) is 71.3 cm³/mol. The molecule has 0 aromatic carbocycles. The molecule has 7 heteroatoms. The molecule has 2 N–H and O–H groups in total. The molecule has 3 aromatic heterocycles. The number of hydrogen-bond donors (Lipinski definition) is 2. The first-order chi connectivity index (χ1) is 8.74. The molecule has 0 saturated heterocycles. The van der Waals surface area contributed by atoms with E-state index in [1.807, 2.05) is 29.9 Å². The van der Waals surface area contributed by atoms with Crippen LogP contribution in [-0.2, 0) is 0 Å². The van der Waals surface area contributed by atoms with E-state index in [4.69, 9.17) is 0 Å². The lowest BCUT2D eigenvalue weighted by atomic mass is 10.2. The molecule has 3 aromatic rings. The second kappa shape index (κ2) is 4.41. The van der Waals surface area contributed by atoms with Crippen LogP contribution in [0.5, 0.6) is 0 Å². The zero-order valence-corrected chi connectivity index (χ0v) is 11.2. The molecule has 0 aliphatic rings. The number of halogens is 1. The Morgan fingerprint density at radius 2 is 2.39 bits per heavy atom. The monoisotopic (exact) mass is 306 g/mol. The van der Waals surface area contributed by atoms with Crippen molar-refractivity contribution < 1.29 is 0 Å². The molecule has 92 valence electrons. The number of nitrogens with zero attached hydrogens (tertiary/aromatic N) is 4. The van der Waals surface area contributed by atoms with Crippen molar-refractivity contribution in [2.75, 3.05) is 5.32 Å². The van der Waals surface area contributed by atoms with Crippen LogP contribution in [-0.4, -0.2) is 24.6 Å². The van der Waals surface area contributed by atoms with Gasteiger partial charge in [-0.2, -0.15) is 5.10 Å². The molecule has 0 fully saturated rings. The second-order valence-electron chi connectivity index (χ2n) is 3.97. The molecule has 0 saturated carbocycles. The summed E-state index contributed by atoms with van der Waals surface area (Å²) in [4.78, 5) is 8.70. The Labute approximate surface area is 112 Å². The highest BCUT2D eigenvalue weighted by Crippen LogP contribution is 2.21. The molecule has 1 atom stereocenters. The minimum Gasteiger partial charge on any atom is -0.360 e. The van der Waals surface area contributed by atoms with E-state index >= 15 is 0 Å². The Morgan fingerprint density at radius 1 is 1.50 bits per heavy atom. The third-order valence-electron chi connectivity index (χ3n) is 2.72. The van der Waals surface area contributed by atoms with Crippen molar-refractivity contribution in [2.24, 2.45) is 0 Å². The fourth-order valence-corrected chi connectivity index (χ4v) is 2.18. The highest BCUT2D eigenvalue weighted by Gasteiger charge is 2.11. The lowest BCUT2D eigenvalue weighted by Crippen LogP contribution is -2.09. The zero-order chi connectivity index (χ0) is 12.5. The van der Waals surface area contributed by atoms with Gasteiger partial charge in [-0.1, -0.05) is 0 Å². The molecule has 0 radical (unpaired) electrons. The third kappa shape index (κ3) is 1.97. The number of nitrogens with one attached hydrogen (secondary N) is 2. The van der Waals surface area contributed by atoms with Gasteiger partial charge in [0.15, 0.2) is 11.5 Å². The van der Waals surface area contributed by atoms with E-state index in [-0.39, 0.29) is 6.04 Å². The van der Waals surface area contributed by atoms with Crippen molar-refractivity contribution in [3.63, 3.8) is 0 Å².